The van der Waals surface area contributed by atoms with Crippen LogP contribution in [0.2, 0.25) is 0 Å². The van der Waals surface area contributed by atoms with Crippen molar-refractivity contribution in [3.05, 3.63) is 0 Å². The van der Waals surface area contributed by atoms with Crippen LogP contribution in [0.5, 0.6) is 0 Å². The molecule has 0 aromatic heterocycles. The summed E-state index contributed by atoms with van der Waals surface area (Å²) in [6.07, 6.45) is 3.57. The Hall–Kier alpha value is -0.410. The number of ketones is 1. The van der Waals surface area contributed by atoms with Gasteiger partial charge in [-0.3, -0.25) is 9.69 Å². The van der Waals surface area contributed by atoms with Crippen LogP contribution in [0.25, 0.3) is 0 Å². The van der Waals surface area contributed by atoms with E-state index in [4.69, 9.17) is 0 Å². The first kappa shape index (κ1) is 12.1. The highest BCUT2D eigenvalue weighted by atomic mass is 16.3. The first-order chi connectivity index (χ1) is 7.52. The Bertz CT molecular complexity index is 277. The Labute approximate surface area is 97.8 Å². The summed E-state index contributed by atoms with van der Waals surface area (Å²) in [6.45, 7) is 3.99. The van der Waals surface area contributed by atoms with E-state index < -0.39 is 6.10 Å². The van der Waals surface area contributed by atoms with E-state index in [1.807, 2.05) is 13.8 Å². The standard InChI is InChI=1S/C13H23NO2/c1-8(2)13(16)12-10-6-4-5-9(14(10)3)7-11(12)15/h8-10,12-13,16H,4-7H2,1-3H3/t9-,10+,12+,13-/m0/s1. The third kappa shape index (κ3) is 1.91. The van der Waals surface area contributed by atoms with Crippen molar-refractivity contribution in [3.8, 4) is 0 Å². The molecule has 92 valence electrons. The van der Waals surface area contributed by atoms with Gasteiger partial charge < -0.3 is 5.11 Å². The van der Waals surface area contributed by atoms with Crippen LogP contribution in [0.4, 0.5) is 0 Å². The van der Waals surface area contributed by atoms with Crippen LogP contribution in [0, 0.1) is 11.8 Å². The number of fused-ring (bicyclic) bond motifs is 2. The number of aliphatic hydroxyl groups excluding tert-OH is 1. The lowest BCUT2D eigenvalue weighted by Gasteiger charge is -2.49. The van der Waals surface area contributed by atoms with Crippen molar-refractivity contribution in [2.75, 3.05) is 7.05 Å². The quantitative estimate of drug-likeness (QED) is 0.773. The minimum absolute atomic E-state index is 0.151. The van der Waals surface area contributed by atoms with Crippen molar-refractivity contribution in [3.63, 3.8) is 0 Å². The lowest BCUT2D eigenvalue weighted by molar-refractivity contribution is -0.141. The molecule has 2 saturated heterocycles. The van der Waals surface area contributed by atoms with Gasteiger partial charge in [0.05, 0.1) is 12.0 Å². The predicted molar refractivity (Wildman–Crippen MR) is 63.1 cm³/mol. The summed E-state index contributed by atoms with van der Waals surface area (Å²) in [5, 5.41) is 10.2. The Morgan fingerprint density at radius 2 is 2.06 bits per heavy atom. The van der Waals surface area contributed by atoms with E-state index >= 15 is 0 Å². The zero-order valence-corrected chi connectivity index (χ0v) is 10.5. The summed E-state index contributed by atoms with van der Waals surface area (Å²) in [4.78, 5) is 14.4. The van der Waals surface area contributed by atoms with Gasteiger partial charge in [0.2, 0.25) is 0 Å². The molecule has 0 aromatic rings. The van der Waals surface area contributed by atoms with Crippen LogP contribution >= 0.6 is 0 Å². The van der Waals surface area contributed by atoms with Gasteiger partial charge in [0.15, 0.2) is 0 Å². The molecule has 0 saturated carbocycles. The summed E-state index contributed by atoms with van der Waals surface area (Å²) < 4.78 is 0. The molecule has 2 bridgehead atoms. The normalized spacial score (nSPS) is 37.8. The van der Waals surface area contributed by atoms with Crippen molar-refractivity contribution in [1.82, 2.24) is 4.90 Å². The summed E-state index contributed by atoms with van der Waals surface area (Å²) in [7, 11) is 2.11. The zero-order chi connectivity index (χ0) is 11.9. The fourth-order valence-corrected chi connectivity index (χ4v) is 3.34. The number of Topliss-reactive ketones (excluding diaryl/α,β-unsaturated/α-hetero) is 1. The predicted octanol–water partition coefficient (Wildman–Crippen LogP) is 1.45. The molecule has 1 N–H and O–H groups in total. The first-order valence-electron chi connectivity index (χ1n) is 6.45. The van der Waals surface area contributed by atoms with E-state index in [2.05, 4.69) is 11.9 Å². The fraction of sp³-hybridized carbons (Fsp3) is 0.923. The third-order valence-electron chi connectivity index (χ3n) is 4.41. The summed E-state index contributed by atoms with van der Waals surface area (Å²) in [5.41, 5.74) is 0. The number of carbonyl (C=O) groups excluding carboxylic acids is 1. The summed E-state index contributed by atoms with van der Waals surface area (Å²) in [5.74, 6) is 0.302. The maximum absolute atomic E-state index is 12.1. The molecule has 0 unspecified atom stereocenters. The largest absolute Gasteiger partial charge is 0.392 e. The number of carbonyl (C=O) groups is 1. The highest BCUT2D eigenvalue weighted by Crippen LogP contribution is 2.37. The number of rotatable bonds is 2. The van der Waals surface area contributed by atoms with E-state index in [9.17, 15) is 9.90 Å². The topological polar surface area (TPSA) is 40.5 Å². The van der Waals surface area contributed by atoms with Gasteiger partial charge in [0.25, 0.3) is 0 Å². The minimum atomic E-state index is -0.473. The number of hydrogen-bond acceptors (Lipinski definition) is 3. The van der Waals surface area contributed by atoms with Crippen LogP contribution in [0.1, 0.15) is 39.5 Å². The molecule has 2 rings (SSSR count). The Balaban J connectivity index is 2.19. The highest BCUT2D eigenvalue weighted by Gasteiger charge is 2.46. The molecule has 0 radical (unpaired) electrons. The average molecular weight is 225 g/mol. The van der Waals surface area contributed by atoms with Crippen molar-refractivity contribution >= 4 is 5.78 Å². The number of hydrogen-bond donors (Lipinski definition) is 1. The van der Waals surface area contributed by atoms with Crippen molar-refractivity contribution in [1.29, 1.82) is 0 Å². The molecule has 2 aliphatic heterocycles. The van der Waals surface area contributed by atoms with Gasteiger partial charge in [0, 0.05) is 18.5 Å². The van der Waals surface area contributed by atoms with Crippen molar-refractivity contribution in [2.45, 2.75) is 57.7 Å². The van der Waals surface area contributed by atoms with Gasteiger partial charge in [-0.05, 0) is 25.8 Å². The van der Waals surface area contributed by atoms with Crippen LogP contribution < -0.4 is 0 Å². The van der Waals surface area contributed by atoms with Crippen LogP contribution in [-0.2, 0) is 4.79 Å². The molecule has 0 amide bonds. The van der Waals surface area contributed by atoms with E-state index in [-0.39, 0.29) is 23.7 Å². The van der Waals surface area contributed by atoms with Crippen LogP contribution in [-0.4, -0.2) is 41.0 Å². The van der Waals surface area contributed by atoms with Gasteiger partial charge in [-0.25, -0.2) is 0 Å². The third-order valence-corrected chi connectivity index (χ3v) is 4.41. The molecule has 3 heteroatoms. The van der Waals surface area contributed by atoms with Gasteiger partial charge in [-0.1, -0.05) is 20.3 Å². The number of nitrogens with zero attached hydrogens (tertiary/aromatic N) is 1. The molecule has 16 heavy (non-hydrogen) atoms. The minimum Gasteiger partial charge on any atom is -0.392 e. The molecular weight excluding hydrogens is 202 g/mol. The molecular formula is C13H23NO2. The Morgan fingerprint density at radius 3 is 2.69 bits per heavy atom. The number of piperidine rings is 2. The molecule has 0 spiro atoms. The molecule has 0 aliphatic carbocycles. The number of aliphatic hydroxyl groups is 1. The van der Waals surface area contributed by atoms with Crippen molar-refractivity contribution < 1.29 is 9.90 Å². The van der Waals surface area contributed by atoms with Gasteiger partial charge in [0.1, 0.15) is 5.78 Å². The van der Waals surface area contributed by atoms with Gasteiger partial charge in [-0.2, -0.15) is 0 Å². The zero-order valence-electron chi connectivity index (χ0n) is 10.5. The first-order valence-corrected chi connectivity index (χ1v) is 6.45. The maximum atomic E-state index is 12.1. The highest BCUT2D eigenvalue weighted by molar-refractivity contribution is 5.84. The second-order valence-electron chi connectivity index (χ2n) is 5.75. The molecule has 2 aliphatic rings. The monoisotopic (exact) mass is 225 g/mol. The van der Waals surface area contributed by atoms with Crippen molar-refractivity contribution in [2.24, 2.45) is 11.8 Å². The van der Waals surface area contributed by atoms with E-state index in [1.54, 1.807) is 0 Å². The molecule has 2 heterocycles. The summed E-state index contributed by atoms with van der Waals surface area (Å²) in [6, 6.07) is 0.708. The molecule has 3 nitrogen and oxygen atoms in total. The molecule has 2 fully saturated rings. The smallest absolute Gasteiger partial charge is 0.141 e. The SMILES string of the molecule is CC(C)[C@H](O)[C@H]1C(=O)C[C@@H]2CCC[C@H]1N2C. The lowest BCUT2D eigenvalue weighted by Crippen LogP contribution is -2.59. The fourth-order valence-electron chi connectivity index (χ4n) is 3.34. The molecule has 4 atom stereocenters. The van der Waals surface area contributed by atoms with Crippen LogP contribution in [0.3, 0.4) is 0 Å². The molecule has 0 aromatic carbocycles. The summed E-state index contributed by atoms with van der Waals surface area (Å²) >= 11 is 0. The maximum Gasteiger partial charge on any atom is 0.141 e. The van der Waals surface area contributed by atoms with Gasteiger partial charge in [-0.15, -0.1) is 0 Å². The van der Waals surface area contributed by atoms with Crippen LogP contribution in [0.15, 0.2) is 0 Å². The van der Waals surface area contributed by atoms with E-state index in [0.717, 1.165) is 12.8 Å². The van der Waals surface area contributed by atoms with Gasteiger partial charge >= 0.3 is 0 Å². The second-order valence-corrected chi connectivity index (χ2v) is 5.75. The van der Waals surface area contributed by atoms with E-state index in [0.29, 0.717) is 12.5 Å². The average Bonchev–Trinajstić information content (AvgIpc) is 2.20. The van der Waals surface area contributed by atoms with E-state index in [1.165, 1.54) is 6.42 Å². The Kier molecular flexibility index (Phi) is 3.36. The Morgan fingerprint density at radius 1 is 1.38 bits per heavy atom. The second kappa shape index (κ2) is 4.46. The lowest BCUT2D eigenvalue weighted by atomic mass is 9.72.